The monoisotopic (exact) mass is 431 g/mol. The maximum absolute atomic E-state index is 13.0. The van der Waals surface area contributed by atoms with Crippen LogP contribution in [0.2, 0.25) is 5.02 Å². The van der Waals surface area contributed by atoms with Crippen molar-refractivity contribution in [3.8, 4) is 11.4 Å². The quantitative estimate of drug-likeness (QED) is 0.700. The summed E-state index contributed by atoms with van der Waals surface area (Å²) in [5.41, 5.74) is 2.33. The average Bonchev–Trinajstić information content (AvgIpc) is 2.64. The summed E-state index contributed by atoms with van der Waals surface area (Å²) in [6, 6.07) is 5.52. The molecule has 0 saturated heterocycles. The number of amides is 1. The Kier molecular flexibility index (Phi) is 6.56. The van der Waals surface area contributed by atoms with Gasteiger partial charge in [-0.25, -0.2) is 9.78 Å². The van der Waals surface area contributed by atoms with E-state index < -0.39 is 11.7 Å². The summed E-state index contributed by atoms with van der Waals surface area (Å²) in [6.07, 6.45) is 2.49. The molecule has 1 amide bonds. The molecule has 162 valence electrons. The van der Waals surface area contributed by atoms with E-state index in [9.17, 15) is 9.59 Å². The van der Waals surface area contributed by atoms with Gasteiger partial charge in [-0.1, -0.05) is 31.4 Å². The predicted molar refractivity (Wildman–Crippen MR) is 119 cm³/mol. The van der Waals surface area contributed by atoms with Gasteiger partial charge in [0.1, 0.15) is 11.4 Å². The van der Waals surface area contributed by atoms with Crippen LogP contribution >= 0.6 is 11.6 Å². The second-order valence-electron chi connectivity index (χ2n) is 8.94. The molecule has 1 unspecified atom stereocenters. The number of nitrogens with zero attached hydrogens (tertiary/aromatic N) is 2. The molecule has 0 saturated carbocycles. The topological polar surface area (TPSA) is 75.3 Å². The largest absolute Gasteiger partial charge is 0.444 e. The highest BCUT2D eigenvalue weighted by atomic mass is 35.5. The fourth-order valence-electron chi connectivity index (χ4n) is 3.78. The van der Waals surface area contributed by atoms with Crippen LogP contribution < -0.4 is 5.56 Å². The smallest absolute Gasteiger partial charge is 0.410 e. The van der Waals surface area contributed by atoms with Crippen molar-refractivity contribution in [2.75, 3.05) is 6.54 Å². The zero-order valence-corrected chi connectivity index (χ0v) is 19.1. The van der Waals surface area contributed by atoms with Crippen LogP contribution in [0.1, 0.15) is 69.7 Å². The number of carbonyl (C=O) groups excluding carboxylic acids is 1. The van der Waals surface area contributed by atoms with Gasteiger partial charge in [0.15, 0.2) is 0 Å². The molecule has 30 heavy (non-hydrogen) atoms. The highest BCUT2D eigenvalue weighted by Gasteiger charge is 2.33. The molecule has 0 spiro atoms. The van der Waals surface area contributed by atoms with E-state index in [0.29, 0.717) is 23.0 Å². The molecule has 2 aromatic rings. The van der Waals surface area contributed by atoms with Crippen LogP contribution in [0.4, 0.5) is 4.79 Å². The van der Waals surface area contributed by atoms with Gasteiger partial charge in [-0.15, -0.1) is 0 Å². The minimum Gasteiger partial charge on any atom is -0.444 e. The molecule has 0 aliphatic carbocycles. The minimum atomic E-state index is -0.586. The number of aromatic amines is 1. The molecule has 1 aromatic heterocycles. The molecule has 1 aliphatic rings. The molecule has 7 heteroatoms. The second kappa shape index (κ2) is 8.80. The van der Waals surface area contributed by atoms with E-state index in [1.165, 1.54) is 0 Å². The van der Waals surface area contributed by atoms with Gasteiger partial charge in [0.25, 0.3) is 5.56 Å². The summed E-state index contributed by atoms with van der Waals surface area (Å²) in [7, 11) is 0. The Labute approximate surface area is 182 Å². The third-order valence-corrected chi connectivity index (χ3v) is 5.46. The number of benzene rings is 1. The fraction of sp³-hybridized carbons (Fsp3) is 0.522. The van der Waals surface area contributed by atoms with E-state index in [-0.39, 0.29) is 18.0 Å². The lowest BCUT2D eigenvalue weighted by Gasteiger charge is -2.34. The Bertz CT molecular complexity index is 994. The number of hydrogen-bond donors (Lipinski definition) is 1. The maximum Gasteiger partial charge on any atom is 0.410 e. The van der Waals surface area contributed by atoms with Gasteiger partial charge < -0.3 is 14.6 Å². The van der Waals surface area contributed by atoms with Gasteiger partial charge in [-0.2, -0.15) is 0 Å². The molecule has 0 bridgehead atoms. The van der Waals surface area contributed by atoms with Gasteiger partial charge in [0.2, 0.25) is 0 Å². The second-order valence-corrected chi connectivity index (χ2v) is 9.37. The Balaban J connectivity index is 2.02. The molecular formula is C23H30ClN3O3. The van der Waals surface area contributed by atoms with Crippen molar-refractivity contribution >= 4 is 17.7 Å². The van der Waals surface area contributed by atoms with Gasteiger partial charge >= 0.3 is 6.09 Å². The molecule has 0 radical (unpaired) electrons. The zero-order chi connectivity index (χ0) is 22.1. The lowest BCUT2D eigenvalue weighted by molar-refractivity contribution is 0.0200. The summed E-state index contributed by atoms with van der Waals surface area (Å²) in [5.74, 6) is 0.537. The Hall–Kier alpha value is -2.34. The molecule has 1 atom stereocenters. The fourth-order valence-corrected chi connectivity index (χ4v) is 4.00. The average molecular weight is 432 g/mol. The molecule has 1 aromatic carbocycles. The first-order valence-electron chi connectivity index (χ1n) is 10.5. The Morgan fingerprint density at radius 3 is 2.73 bits per heavy atom. The molecule has 0 fully saturated rings. The van der Waals surface area contributed by atoms with Gasteiger partial charge in [0, 0.05) is 23.0 Å². The third-order valence-electron chi connectivity index (χ3n) is 5.23. The molecule has 6 nitrogen and oxygen atoms in total. The number of carbonyl (C=O) groups is 1. The summed E-state index contributed by atoms with van der Waals surface area (Å²) >= 11 is 6.08. The first kappa shape index (κ1) is 22.3. The van der Waals surface area contributed by atoms with Gasteiger partial charge in [-0.05, 0) is 57.9 Å². The number of halogens is 1. The standard InChI is InChI=1S/C23H30ClN3O3/c1-6-7-8-15-12-27(22(29)30-23(3,4)5)13-18-19(15)25-20(26-21(18)28)17-10-9-16(24)11-14(17)2/h9-11,15H,6-8,12-13H2,1-5H3,(H,25,26,28). The molecule has 3 rings (SSSR count). The van der Waals surface area contributed by atoms with Crippen LogP contribution in [0.3, 0.4) is 0 Å². The third kappa shape index (κ3) is 5.04. The van der Waals surface area contributed by atoms with E-state index in [1.807, 2.05) is 39.8 Å². The molecular weight excluding hydrogens is 402 g/mol. The predicted octanol–water partition coefficient (Wildman–Crippen LogP) is 5.42. The van der Waals surface area contributed by atoms with Crippen LogP contribution in [0, 0.1) is 6.92 Å². The van der Waals surface area contributed by atoms with Crippen molar-refractivity contribution in [3.63, 3.8) is 0 Å². The van der Waals surface area contributed by atoms with Gasteiger partial charge in [0.05, 0.1) is 17.8 Å². The number of hydrogen-bond acceptors (Lipinski definition) is 4. The number of rotatable bonds is 4. The van der Waals surface area contributed by atoms with Crippen molar-refractivity contribution in [2.24, 2.45) is 0 Å². The van der Waals surface area contributed by atoms with E-state index in [1.54, 1.807) is 11.0 Å². The first-order chi connectivity index (χ1) is 14.1. The lowest BCUT2D eigenvalue weighted by Crippen LogP contribution is -2.44. The number of ether oxygens (including phenoxy) is 1. The highest BCUT2D eigenvalue weighted by molar-refractivity contribution is 6.30. The number of fused-ring (bicyclic) bond motifs is 1. The number of H-pyrrole nitrogens is 1. The van der Waals surface area contributed by atoms with Crippen molar-refractivity contribution in [2.45, 2.75) is 71.9 Å². The maximum atomic E-state index is 13.0. The number of nitrogens with one attached hydrogen (secondary N) is 1. The molecule has 1 aliphatic heterocycles. The summed E-state index contributed by atoms with van der Waals surface area (Å²) in [6.45, 7) is 10.3. The van der Waals surface area contributed by atoms with E-state index >= 15 is 0 Å². The summed E-state index contributed by atoms with van der Waals surface area (Å²) in [4.78, 5) is 35.1. The molecule has 2 heterocycles. The highest BCUT2D eigenvalue weighted by Crippen LogP contribution is 2.32. The SMILES string of the molecule is CCCCC1CN(C(=O)OC(C)(C)C)Cc2c1nc(-c1ccc(Cl)cc1C)[nH]c2=O. The van der Waals surface area contributed by atoms with Crippen LogP contribution in [-0.4, -0.2) is 33.1 Å². The lowest BCUT2D eigenvalue weighted by atomic mass is 9.91. The van der Waals surface area contributed by atoms with Crippen molar-refractivity contribution in [1.29, 1.82) is 0 Å². The molecule has 1 N–H and O–H groups in total. The summed E-state index contributed by atoms with van der Waals surface area (Å²) in [5, 5.41) is 0.644. The van der Waals surface area contributed by atoms with Crippen LogP contribution in [0.15, 0.2) is 23.0 Å². The van der Waals surface area contributed by atoms with Gasteiger partial charge in [-0.3, -0.25) is 4.79 Å². The van der Waals surface area contributed by atoms with E-state index in [4.69, 9.17) is 21.3 Å². The Morgan fingerprint density at radius 1 is 1.37 bits per heavy atom. The van der Waals surface area contributed by atoms with Crippen LogP contribution in [0.5, 0.6) is 0 Å². The number of unbranched alkanes of at least 4 members (excludes halogenated alkanes) is 1. The van der Waals surface area contributed by atoms with Crippen LogP contribution in [0.25, 0.3) is 11.4 Å². The first-order valence-corrected chi connectivity index (χ1v) is 10.8. The summed E-state index contributed by atoms with van der Waals surface area (Å²) < 4.78 is 5.55. The number of aromatic nitrogens is 2. The van der Waals surface area contributed by atoms with E-state index in [2.05, 4.69) is 11.9 Å². The van der Waals surface area contributed by atoms with E-state index in [0.717, 1.165) is 36.1 Å². The van der Waals surface area contributed by atoms with Crippen molar-refractivity contribution in [1.82, 2.24) is 14.9 Å². The normalized spacial score (nSPS) is 16.3. The van der Waals surface area contributed by atoms with Crippen molar-refractivity contribution < 1.29 is 9.53 Å². The van der Waals surface area contributed by atoms with Crippen molar-refractivity contribution in [3.05, 3.63) is 50.4 Å². The Morgan fingerprint density at radius 2 is 2.10 bits per heavy atom. The minimum absolute atomic E-state index is 0.00475. The van der Waals surface area contributed by atoms with Crippen LogP contribution in [-0.2, 0) is 11.3 Å². The number of aryl methyl sites for hydroxylation is 1. The zero-order valence-electron chi connectivity index (χ0n) is 18.3.